The summed E-state index contributed by atoms with van der Waals surface area (Å²) in [5, 5.41) is 30.0. The molecule has 2 aromatic carbocycles. The number of benzene rings is 2. The van der Waals surface area contributed by atoms with E-state index in [2.05, 4.69) is 15.6 Å². The molecule has 0 fully saturated rings. The Morgan fingerprint density at radius 3 is 2.44 bits per heavy atom. The van der Waals surface area contributed by atoms with Crippen LogP contribution < -0.4 is 5.32 Å². The molecule has 0 spiro atoms. The van der Waals surface area contributed by atoms with Crippen molar-refractivity contribution in [2.24, 2.45) is 0 Å². The van der Waals surface area contributed by atoms with Crippen molar-refractivity contribution in [3.63, 3.8) is 0 Å². The van der Waals surface area contributed by atoms with Gasteiger partial charge in [-0.3, -0.25) is 4.79 Å². The highest BCUT2D eigenvalue weighted by Crippen LogP contribution is 2.18. The lowest BCUT2D eigenvalue weighted by Crippen LogP contribution is -2.15. The molecule has 0 saturated carbocycles. The Labute approximate surface area is 161 Å². The predicted octanol–water partition coefficient (Wildman–Crippen LogP) is 2.53. The van der Waals surface area contributed by atoms with Crippen molar-refractivity contribution in [1.82, 2.24) is 15.0 Å². The van der Waals surface area contributed by atoms with Gasteiger partial charge in [0.1, 0.15) is 0 Å². The van der Waals surface area contributed by atoms with E-state index in [1.807, 2.05) is 18.2 Å². The number of nitrogens with zero attached hydrogens (tertiary/aromatic N) is 3. The molecule has 0 saturated heterocycles. The summed E-state index contributed by atoms with van der Waals surface area (Å²) in [6, 6.07) is 12.3. The summed E-state index contributed by atoms with van der Waals surface area (Å²) < 4.78 is 1.63. The Balaban J connectivity index is 1.79. The number of rotatable bonds is 6. The van der Waals surface area contributed by atoms with Gasteiger partial charge < -0.3 is 15.5 Å². The molecule has 8 heteroatoms. The molecule has 0 atom stereocenters. The molecule has 3 N–H and O–H groups in total. The topological polar surface area (TPSA) is 100 Å². The summed E-state index contributed by atoms with van der Waals surface area (Å²) >= 11 is 6.00. The second-order valence-corrected chi connectivity index (χ2v) is 6.56. The van der Waals surface area contributed by atoms with Crippen LogP contribution >= 0.6 is 11.6 Å². The molecule has 0 aliphatic rings. The highest BCUT2D eigenvalue weighted by atomic mass is 35.5. The minimum atomic E-state index is -0.413. The van der Waals surface area contributed by atoms with Gasteiger partial charge >= 0.3 is 0 Å². The van der Waals surface area contributed by atoms with Gasteiger partial charge in [-0.1, -0.05) is 35.0 Å². The van der Waals surface area contributed by atoms with Crippen molar-refractivity contribution in [1.29, 1.82) is 0 Å². The lowest BCUT2D eigenvalue weighted by molar-refractivity contribution is 0.102. The number of nitrogens with one attached hydrogen (secondary N) is 1. The molecule has 0 bridgehead atoms. The first-order valence-corrected chi connectivity index (χ1v) is 8.68. The minimum absolute atomic E-state index is 0.189. The summed E-state index contributed by atoms with van der Waals surface area (Å²) in [7, 11) is 0. The lowest BCUT2D eigenvalue weighted by Gasteiger charge is -2.09. The third-order valence-electron chi connectivity index (χ3n) is 4.09. The number of aliphatic hydroxyl groups is 2. The van der Waals surface area contributed by atoms with E-state index in [-0.39, 0.29) is 18.9 Å². The van der Waals surface area contributed by atoms with E-state index in [1.54, 1.807) is 35.9 Å². The van der Waals surface area contributed by atoms with Crippen LogP contribution in [0.4, 0.5) is 5.69 Å². The van der Waals surface area contributed by atoms with Gasteiger partial charge in [-0.15, -0.1) is 5.10 Å². The maximum absolute atomic E-state index is 12.6. The molecular formula is C19H19ClN4O3. The standard InChI is InChI=1S/C19H19ClN4O3/c1-12-18(22-23-24(12)9-13-3-2-4-16(20)6-13)19(27)21-17-7-14(10-25)5-15(8-17)11-26/h2-8,25-26H,9-11H2,1H3,(H,21,27). The quantitative estimate of drug-likeness (QED) is 0.604. The number of carbonyl (C=O) groups excluding carboxylic acids is 1. The highest BCUT2D eigenvalue weighted by molar-refractivity contribution is 6.30. The van der Waals surface area contributed by atoms with Crippen LogP contribution in [0.5, 0.6) is 0 Å². The molecule has 3 rings (SSSR count). The fourth-order valence-electron chi connectivity index (χ4n) is 2.74. The van der Waals surface area contributed by atoms with Crippen LogP contribution in [0.25, 0.3) is 0 Å². The maximum Gasteiger partial charge on any atom is 0.278 e. The first-order valence-electron chi connectivity index (χ1n) is 8.30. The monoisotopic (exact) mass is 386 g/mol. The van der Waals surface area contributed by atoms with Crippen LogP contribution in [0.2, 0.25) is 5.02 Å². The molecule has 1 aromatic heterocycles. The predicted molar refractivity (Wildman–Crippen MR) is 102 cm³/mol. The molecule has 27 heavy (non-hydrogen) atoms. The van der Waals surface area contributed by atoms with Crippen LogP contribution in [0.3, 0.4) is 0 Å². The summed E-state index contributed by atoms with van der Waals surface area (Å²) in [6.07, 6.45) is 0. The Morgan fingerprint density at radius 1 is 1.11 bits per heavy atom. The Morgan fingerprint density at radius 2 is 1.81 bits per heavy atom. The maximum atomic E-state index is 12.6. The molecular weight excluding hydrogens is 368 g/mol. The van der Waals surface area contributed by atoms with Gasteiger partial charge in [-0.05, 0) is 47.9 Å². The van der Waals surface area contributed by atoms with E-state index in [9.17, 15) is 15.0 Å². The van der Waals surface area contributed by atoms with Crippen LogP contribution in [0, 0.1) is 6.92 Å². The first kappa shape index (κ1) is 19.0. The molecule has 0 aliphatic carbocycles. The second-order valence-electron chi connectivity index (χ2n) is 6.12. The summed E-state index contributed by atoms with van der Waals surface area (Å²) in [4.78, 5) is 12.6. The SMILES string of the molecule is Cc1c(C(=O)Nc2cc(CO)cc(CO)c2)nnn1Cc1cccc(Cl)c1. The van der Waals surface area contributed by atoms with Crippen molar-refractivity contribution < 1.29 is 15.0 Å². The summed E-state index contributed by atoms with van der Waals surface area (Å²) in [5.74, 6) is -0.413. The van der Waals surface area contributed by atoms with Crippen molar-refractivity contribution in [2.45, 2.75) is 26.7 Å². The minimum Gasteiger partial charge on any atom is -0.392 e. The fourth-order valence-corrected chi connectivity index (χ4v) is 2.95. The van der Waals surface area contributed by atoms with Crippen molar-refractivity contribution in [3.8, 4) is 0 Å². The number of hydrogen-bond donors (Lipinski definition) is 3. The van der Waals surface area contributed by atoms with Gasteiger partial charge in [-0.25, -0.2) is 4.68 Å². The van der Waals surface area contributed by atoms with Crippen LogP contribution in [0.15, 0.2) is 42.5 Å². The first-order chi connectivity index (χ1) is 13.0. The zero-order valence-electron chi connectivity index (χ0n) is 14.7. The molecule has 140 valence electrons. The third-order valence-corrected chi connectivity index (χ3v) is 4.33. The zero-order valence-corrected chi connectivity index (χ0v) is 15.4. The number of carbonyl (C=O) groups is 1. The Bertz CT molecular complexity index is 949. The average Bonchev–Trinajstić information content (AvgIpc) is 3.02. The third kappa shape index (κ3) is 4.51. The van der Waals surface area contributed by atoms with E-state index < -0.39 is 5.91 Å². The molecule has 1 amide bonds. The normalized spacial score (nSPS) is 10.8. The van der Waals surface area contributed by atoms with E-state index in [0.29, 0.717) is 34.1 Å². The van der Waals surface area contributed by atoms with Gasteiger partial charge in [0.05, 0.1) is 25.5 Å². The van der Waals surface area contributed by atoms with E-state index in [4.69, 9.17) is 11.6 Å². The smallest absolute Gasteiger partial charge is 0.278 e. The number of aliphatic hydroxyl groups excluding tert-OH is 2. The van der Waals surface area contributed by atoms with E-state index in [1.165, 1.54) is 0 Å². The summed E-state index contributed by atoms with van der Waals surface area (Å²) in [5.41, 5.74) is 3.44. The second kappa shape index (κ2) is 8.30. The highest BCUT2D eigenvalue weighted by Gasteiger charge is 2.17. The van der Waals surface area contributed by atoms with E-state index >= 15 is 0 Å². The lowest BCUT2D eigenvalue weighted by atomic mass is 10.1. The van der Waals surface area contributed by atoms with Gasteiger partial charge in [-0.2, -0.15) is 0 Å². The molecule has 7 nitrogen and oxygen atoms in total. The molecule has 0 radical (unpaired) electrons. The molecule has 3 aromatic rings. The van der Waals surface area contributed by atoms with Crippen LogP contribution in [-0.2, 0) is 19.8 Å². The van der Waals surface area contributed by atoms with Crippen molar-refractivity contribution in [2.75, 3.05) is 5.32 Å². The van der Waals surface area contributed by atoms with Crippen LogP contribution in [0.1, 0.15) is 32.9 Å². The number of aromatic nitrogens is 3. The number of amides is 1. The van der Waals surface area contributed by atoms with Crippen molar-refractivity contribution in [3.05, 3.63) is 75.6 Å². The van der Waals surface area contributed by atoms with Crippen LogP contribution in [-0.4, -0.2) is 31.1 Å². The number of anilines is 1. The number of halogens is 1. The van der Waals surface area contributed by atoms with Gasteiger partial charge in [0.25, 0.3) is 5.91 Å². The Kier molecular flexibility index (Phi) is 5.85. The van der Waals surface area contributed by atoms with Gasteiger partial charge in [0.15, 0.2) is 5.69 Å². The molecule has 0 aliphatic heterocycles. The number of hydrogen-bond acceptors (Lipinski definition) is 5. The Hall–Kier alpha value is -2.74. The zero-order chi connectivity index (χ0) is 19.4. The fraction of sp³-hybridized carbons (Fsp3) is 0.211. The molecule has 1 heterocycles. The van der Waals surface area contributed by atoms with E-state index in [0.717, 1.165) is 5.56 Å². The largest absolute Gasteiger partial charge is 0.392 e. The average molecular weight is 387 g/mol. The molecule has 0 unspecified atom stereocenters. The van der Waals surface area contributed by atoms with Gasteiger partial charge in [0.2, 0.25) is 0 Å². The van der Waals surface area contributed by atoms with Gasteiger partial charge in [0, 0.05) is 10.7 Å². The summed E-state index contributed by atoms with van der Waals surface area (Å²) in [6.45, 7) is 1.83. The van der Waals surface area contributed by atoms with Crippen molar-refractivity contribution >= 4 is 23.2 Å².